The van der Waals surface area contributed by atoms with E-state index in [1.54, 1.807) is 0 Å². The second-order valence-electron chi connectivity index (χ2n) is 5.33. The van der Waals surface area contributed by atoms with E-state index in [4.69, 9.17) is 0 Å². The third kappa shape index (κ3) is 2.64. The number of rotatable bonds is 3. The summed E-state index contributed by atoms with van der Waals surface area (Å²) in [6, 6.07) is 19.2. The van der Waals surface area contributed by atoms with E-state index < -0.39 is 0 Å². The van der Waals surface area contributed by atoms with E-state index in [-0.39, 0.29) is 5.91 Å². The lowest BCUT2D eigenvalue weighted by Gasteiger charge is -2.11. The minimum Gasteiger partial charge on any atom is -0.306 e. The molecule has 0 spiro atoms. The fourth-order valence-electron chi connectivity index (χ4n) is 2.67. The molecule has 0 saturated carbocycles. The number of amides is 1. The van der Waals surface area contributed by atoms with Crippen molar-refractivity contribution < 1.29 is 4.79 Å². The van der Waals surface area contributed by atoms with Crippen LogP contribution in [-0.4, -0.2) is 15.7 Å². The normalized spacial score (nSPS) is 12.9. The summed E-state index contributed by atoms with van der Waals surface area (Å²) in [5.41, 5.74) is 3.79. The van der Waals surface area contributed by atoms with Gasteiger partial charge in [-0.1, -0.05) is 36.4 Å². The van der Waals surface area contributed by atoms with Crippen LogP contribution in [0.5, 0.6) is 0 Å². The Morgan fingerprint density at radius 3 is 2.43 bits per heavy atom. The van der Waals surface area contributed by atoms with Crippen molar-refractivity contribution in [3.05, 3.63) is 77.5 Å². The number of para-hydroxylation sites is 1. The van der Waals surface area contributed by atoms with Crippen molar-refractivity contribution in [1.82, 2.24) is 9.78 Å². The molecule has 4 nitrogen and oxygen atoms in total. The van der Waals surface area contributed by atoms with Gasteiger partial charge in [0, 0.05) is 22.6 Å². The van der Waals surface area contributed by atoms with Gasteiger partial charge in [-0.2, -0.15) is 16.9 Å². The molecule has 4 rings (SSSR count). The van der Waals surface area contributed by atoms with E-state index in [0.717, 1.165) is 34.3 Å². The van der Waals surface area contributed by atoms with Crippen molar-refractivity contribution in [3.63, 3.8) is 0 Å². The van der Waals surface area contributed by atoms with Gasteiger partial charge in [-0.25, -0.2) is 4.68 Å². The summed E-state index contributed by atoms with van der Waals surface area (Å²) < 4.78 is 1.84. The number of carbonyl (C=O) groups excluding carboxylic acids is 1. The van der Waals surface area contributed by atoms with Crippen molar-refractivity contribution >= 4 is 23.5 Å². The second-order valence-corrected chi connectivity index (χ2v) is 6.32. The van der Waals surface area contributed by atoms with Crippen LogP contribution >= 0.6 is 11.8 Å². The van der Waals surface area contributed by atoms with E-state index in [0.29, 0.717) is 5.56 Å². The van der Waals surface area contributed by atoms with Crippen LogP contribution in [0.25, 0.3) is 5.69 Å². The van der Waals surface area contributed by atoms with Gasteiger partial charge in [0.25, 0.3) is 5.91 Å². The SMILES string of the molecule is O=C(Nc1c2c(nn1-c1ccccc1)CSC2)c1ccccc1. The lowest BCUT2D eigenvalue weighted by atomic mass is 10.2. The molecule has 1 amide bonds. The van der Waals surface area contributed by atoms with Crippen LogP contribution < -0.4 is 5.32 Å². The van der Waals surface area contributed by atoms with Crippen molar-refractivity contribution in [2.45, 2.75) is 11.5 Å². The molecule has 0 unspecified atom stereocenters. The summed E-state index contributed by atoms with van der Waals surface area (Å²) in [6.45, 7) is 0. The molecular formula is C18H15N3OS. The summed E-state index contributed by atoms with van der Waals surface area (Å²) in [4.78, 5) is 12.5. The minimum atomic E-state index is -0.109. The molecule has 114 valence electrons. The largest absolute Gasteiger partial charge is 0.306 e. The molecule has 0 aliphatic carbocycles. The van der Waals surface area contributed by atoms with Gasteiger partial charge in [0.15, 0.2) is 0 Å². The monoisotopic (exact) mass is 321 g/mol. The molecule has 0 atom stereocenters. The van der Waals surface area contributed by atoms with Crippen LogP contribution in [0.2, 0.25) is 0 Å². The van der Waals surface area contributed by atoms with Gasteiger partial charge < -0.3 is 5.32 Å². The highest BCUT2D eigenvalue weighted by molar-refractivity contribution is 7.98. The van der Waals surface area contributed by atoms with E-state index >= 15 is 0 Å². The molecule has 1 N–H and O–H groups in total. The molecule has 0 saturated heterocycles. The maximum absolute atomic E-state index is 12.5. The first kappa shape index (κ1) is 14.1. The summed E-state index contributed by atoms with van der Waals surface area (Å²) in [6.07, 6.45) is 0. The number of nitrogens with one attached hydrogen (secondary N) is 1. The quantitative estimate of drug-likeness (QED) is 0.796. The molecule has 3 aromatic rings. The summed E-state index contributed by atoms with van der Waals surface area (Å²) in [7, 11) is 0. The Balaban J connectivity index is 1.74. The maximum Gasteiger partial charge on any atom is 0.256 e. The molecular weight excluding hydrogens is 306 g/mol. The third-order valence-electron chi connectivity index (χ3n) is 3.82. The smallest absolute Gasteiger partial charge is 0.256 e. The number of hydrogen-bond acceptors (Lipinski definition) is 3. The number of hydrogen-bond donors (Lipinski definition) is 1. The number of fused-ring (bicyclic) bond motifs is 1. The molecule has 0 bridgehead atoms. The average molecular weight is 321 g/mol. The molecule has 2 heterocycles. The topological polar surface area (TPSA) is 46.9 Å². The van der Waals surface area contributed by atoms with Crippen molar-refractivity contribution in [2.75, 3.05) is 5.32 Å². The fraction of sp³-hybridized carbons (Fsp3) is 0.111. The number of anilines is 1. The maximum atomic E-state index is 12.5. The lowest BCUT2D eigenvalue weighted by molar-refractivity contribution is 0.102. The molecule has 1 aromatic heterocycles. The Labute approximate surface area is 138 Å². The van der Waals surface area contributed by atoms with E-state index in [9.17, 15) is 4.79 Å². The van der Waals surface area contributed by atoms with Crippen LogP contribution in [0.3, 0.4) is 0 Å². The van der Waals surface area contributed by atoms with Crippen LogP contribution in [0.15, 0.2) is 60.7 Å². The predicted octanol–water partition coefficient (Wildman–Crippen LogP) is 3.87. The Morgan fingerprint density at radius 1 is 1.00 bits per heavy atom. The van der Waals surface area contributed by atoms with Gasteiger partial charge in [-0.05, 0) is 24.3 Å². The first-order valence-corrected chi connectivity index (χ1v) is 8.59. The standard InChI is InChI=1S/C18H15N3OS/c22-18(13-7-3-1-4-8-13)19-17-15-11-23-12-16(15)20-21(17)14-9-5-2-6-10-14/h1-10H,11-12H2,(H,19,22). The minimum absolute atomic E-state index is 0.109. The Bertz CT molecular complexity index is 843. The molecule has 1 aliphatic heterocycles. The summed E-state index contributed by atoms with van der Waals surface area (Å²) >= 11 is 1.82. The van der Waals surface area contributed by atoms with Crippen molar-refractivity contribution in [3.8, 4) is 5.69 Å². The zero-order valence-electron chi connectivity index (χ0n) is 12.4. The Kier molecular flexibility index (Phi) is 3.63. The lowest BCUT2D eigenvalue weighted by Crippen LogP contribution is -2.16. The number of carbonyl (C=O) groups is 1. The fourth-order valence-corrected chi connectivity index (χ4v) is 3.70. The first-order valence-electron chi connectivity index (χ1n) is 7.43. The molecule has 2 aromatic carbocycles. The van der Waals surface area contributed by atoms with E-state index in [1.807, 2.05) is 77.1 Å². The van der Waals surface area contributed by atoms with Crippen LogP contribution in [0.1, 0.15) is 21.6 Å². The van der Waals surface area contributed by atoms with Gasteiger partial charge in [0.2, 0.25) is 0 Å². The summed E-state index contributed by atoms with van der Waals surface area (Å²) in [5.74, 6) is 2.45. The van der Waals surface area contributed by atoms with Crippen molar-refractivity contribution in [2.24, 2.45) is 0 Å². The highest BCUT2D eigenvalue weighted by Crippen LogP contribution is 2.36. The molecule has 0 fully saturated rings. The number of aromatic nitrogens is 2. The first-order chi connectivity index (χ1) is 11.3. The number of thioether (sulfide) groups is 1. The molecule has 5 heteroatoms. The second kappa shape index (κ2) is 5.93. The predicted molar refractivity (Wildman–Crippen MR) is 93.0 cm³/mol. The van der Waals surface area contributed by atoms with Gasteiger partial charge in [0.1, 0.15) is 5.82 Å². The van der Waals surface area contributed by atoms with Gasteiger partial charge in [-0.3, -0.25) is 4.79 Å². The highest BCUT2D eigenvalue weighted by atomic mass is 32.2. The van der Waals surface area contributed by atoms with Gasteiger partial charge >= 0.3 is 0 Å². The Hall–Kier alpha value is -2.53. The zero-order chi connectivity index (χ0) is 15.6. The molecule has 23 heavy (non-hydrogen) atoms. The zero-order valence-corrected chi connectivity index (χ0v) is 13.2. The highest BCUT2D eigenvalue weighted by Gasteiger charge is 2.24. The van der Waals surface area contributed by atoms with Crippen LogP contribution in [0, 0.1) is 0 Å². The van der Waals surface area contributed by atoms with E-state index in [2.05, 4.69) is 10.4 Å². The van der Waals surface area contributed by atoms with Gasteiger partial charge in [0.05, 0.1) is 11.4 Å². The Morgan fingerprint density at radius 2 is 1.70 bits per heavy atom. The number of nitrogens with zero attached hydrogens (tertiary/aromatic N) is 2. The average Bonchev–Trinajstić information content (AvgIpc) is 3.19. The third-order valence-corrected chi connectivity index (χ3v) is 4.79. The van der Waals surface area contributed by atoms with E-state index in [1.165, 1.54) is 0 Å². The van der Waals surface area contributed by atoms with Crippen LogP contribution in [-0.2, 0) is 11.5 Å². The van der Waals surface area contributed by atoms with Crippen LogP contribution in [0.4, 0.5) is 5.82 Å². The number of benzene rings is 2. The molecule has 1 aliphatic rings. The summed E-state index contributed by atoms with van der Waals surface area (Å²) in [5, 5.41) is 7.74. The van der Waals surface area contributed by atoms with Crippen molar-refractivity contribution in [1.29, 1.82) is 0 Å². The van der Waals surface area contributed by atoms with Gasteiger partial charge in [-0.15, -0.1) is 0 Å². The molecule has 0 radical (unpaired) electrons.